The number of rotatable bonds is 8. The maximum absolute atomic E-state index is 5.99. The number of benzene rings is 1. The number of ether oxygens (including phenoxy) is 1. The van der Waals surface area contributed by atoms with Gasteiger partial charge in [-0.25, -0.2) is 4.99 Å². The molecular weight excluding hydrogens is 376 g/mol. The van der Waals surface area contributed by atoms with Crippen molar-refractivity contribution in [1.82, 2.24) is 24.9 Å². The first-order valence-electron chi connectivity index (χ1n) is 11.1. The second-order valence-electron chi connectivity index (χ2n) is 7.70. The van der Waals surface area contributed by atoms with E-state index in [1.165, 1.54) is 11.1 Å². The molecule has 164 valence electrons. The highest BCUT2D eigenvalue weighted by molar-refractivity contribution is 5.80. The van der Waals surface area contributed by atoms with Crippen LogP contribution in [-0.2, 0) is 24.9 Å². The molecule has 7 heteroatoms. The number of nitrogens with zero attached hydrogens (tertiary/aromatic N) is 5. The van der Waals surface area contributed by atoms with Gasteiger partial charge in [-0.15, -0.1) is 0 Å². The average Bonchev–Trinajstić information content (AvgIpc) is 3.21. The molecule has 1 aliphatic rings. The molecule has 1 unspecified atom stereocenters. The molecule has 0 spiro atoms. The van der Waals surface area contributed by atoms with Crippen LogP contribution in [0.5, 0.6) is 0 Å². The van der Waals surface area contributed by atoms with Crippen LogP contribution in [0.3, 0.4) is 0 Å². The van der Waals surface area contributed by atoms with Gasteiger partial charge in [0.15, 0.2) is 5.96 Å². The van der Waals surface area contributed by atoms with Gasteiger partial charge < -0.3 is 15.0 Å². The van der Waals surface area contributed by atoms with Gasteiger partial charge in [-0.3, -0.25) is 9.58 Å². The average molecular weight is 413 g/mol. The van der Waals surface area contributed by atoms with E-state index in [9.17, 15) is 0 Å². The highest BCUT2D eigenvalue weighted by Crippen LogP contribution is 2.21. The molecule has 0 saturated carbocycles. The molecular formula is C23H36N6O. The van der Waals surface area contributed by atoms with Crippen molar-refractivity contribution in [2.45, 2.75) is 40.0 Å². The normalized spacial score (nSPS) is 17.6. The lowest BCUT2D eigenvalue weighted by Crippen LogP contribution is -2.48. The molecule has 1 atom stereocenters. The fraction of sp³-hybridized carbons (Fsp3) is 0.565. The van der Waals surface area contributed by atoms with E-state index in [1.54, 1.807) is 0 Å². The van der Waals surface area contributed by atoms with Crippen LogP contribution in [-0.4, -0.2) is 64.9 Å². The quantitative estimate of drug-likeness (QED) is 0.534. The van der Waals surface area contributed by atoms with Crippen LogP contribution in [0.15, 0.2) is 41.7 Å². The monoisotopic (exact) mass is 412 g/mol. The Balaban J connectivity index is 1.68. The van der Waals surface area contributed by atoms with Crippen LogP contribution < -0.4 is 5.32 Å². The Hall–Kier alpha value is -2.38. The van der Waals surface area contributed by atoms with Gasteiger partial charge in [-0.1, -0.05) is 38.1 Å². The summed E-state index contributed by atoms with van der Waals surface area (Å²) in [5, 5.41) is 7.74. The van der Waals surface area contributed by atoms with Crippen molar-refractivity contribution in [1.29, 1.82) is 0 Å². The van der Waals surface area contributed by atoms with E-state index in [0.717, 1.165) is 50.8 Å². The summed E-state index contributed by atoms with van der Waals surface area (Å²) < 4.78 is 7.81. The molecule has 3 rings (SSSR count). The zero-order valence-electron chi connectivity index (χ0n) is 18.8. The standard InChI is InChI=1S/C23H36N6O/c1-5-24-23(29-11-12-30-22(18-29)21-15-26-27(4)17-21)25-14-19-9-8-10-20(13-19)16-28(6-2)7-3/h8-10,13,15,17,22H,5-7,11-12,14,16,18H2,1-4H3,(H,24,25). The predicted molar refractivity (Wildman–Crippen MR) is 121 cm³/mol. The summed E-state index contributed by atoms with van der Waals surface area (Å²) in [6, 6.07) is 8.79. The molecule has 0 amide bonds. The topological polar surface area (TPSA) is 57.9 Å². The number of aliphatic imine (C=N–C) groups is 1. The summed E-state index contributed by atoms with van der Waals surface area (Å²) in [6.07, 6.45) is 3.94. The van der Waals surface area contributed by atoms with Crippen molar-refractivity contribution in [2.75, 3.05) is 39.3 Å². The van der Waals surface area contributed by atoms with E-state index in [4.69, 9.17) is 9.73 Å². The summed E-state index contributed by atoms with van der Waals surface area (Å²) in [5.74, 6) is 0.948. The van der Waals surface area contributed by atoms with Crippen LogP contribution >= 0.6 is 0 Å². The third-order valence-electron chi connectivity index (χ3n) is 5.50. The zero-order chi connectivity index (χ0) is 21.3. The van der Waals surface area contributed by atoms with E-state index in [2.05, 4.69) is 65.3 Å². The molecule has 1 aliphatic heterocycles. The number of hydrogen-bond donors (Lipinski definition) is 1. The molecule has 1 saturated heterocycles. The molecule has 2 heterocycles. The maximum atomic E-state index is 5.99. The summed E-state index contributed by atoms with van der Waals surface area (Å²) in [7, 11) is 1.93. The second kappa shape index (κ2) is 11.1. The van der Waals surface area contributed by atoms with Crippen LogP contribution in [0, 0.1) is 0 Å². The predicted octanol–water partition coefficient (Wildman–Crippen LogP) is 2.80. The number of aromatic nitrogens is 2. The van der Waals surface area contributed by atoms with Crippen molar-refractivity contribution in [2.24, 2.45) is 12.0 Å². The van der Waals surface area contributed by atoms with Crippen molar-refractivity contribution in [3.05, 3.63) is 53.3 Å². The lowest BCUT2D eigenvalue weighted by molar-refractivity contribution is -0.00805. The molecule has 2 aromatic rings. The molecule has 1 fully saturated rings. The van der Waals surface area contributed by atoms with E-state index < -0.39 is 0 Å². The summed E-state index contributed by atoms with van der Waals surface area (Å²) >= 11 is 0. The third kappa shape index (κ3) is 6.06. The Morgan fingerprint density at radius 2 is 2.07 bits per heavy atom. The largest absolute Gasteiger partial charge is 0.370 e. The summed E-state index contributed by atoms with van der Waals surface area (Å²) in [5.41, 5.74) is 3.70. The van der Waals surface area contributed by atoms with Gasteiger partial charge in [0.1, 0.15) is 6.10 Å². The molecule has 0 bridgehead atoms. The number of morpholine rings is 1. The Labute approximate surface area is 180 Å². The Bertz CT molecular complexity index is 814. The van der Waals surface area contributed by atoms with Crippen LogP contribution in [0.2, 0.25) is 0 Å². The highest BCUT2D eigenvalue weighted by Gasteiger charge is 2.25. The Kier molecular flexibility index (Phi) is 8.28. The SMILES string of the molecule is CCNC(=NCc1cccc(CN(CC)CC)c1)N1CCOC(c2cnn(C)c2)C1. The van der Waals surface area contributed by atoms with E-state index in [-0.39, 0.29) is 6.10 Å². The third-order valence-corrected chi connectivity index (χ3v) is 5.50. The van der Waals surface area contributed by atoms with Gasteiger partial charge in [-0.2, -0.15) is 5.10 Å². The van der Waals surface area contributed by atoms with Crippen molar-refractivity contribution in [3.63, 3.8) is 0 Å². The molecule has 1 aromatic heterocycles. The zero-order valence-corrected chi connectivity index (χ0v) is 18.8. The van der Waals surface area contributed by atoms with Gasteiger partial charge in [0.2, 0.25) is 0 Å². The molecule has 1 N–H and O–H groups in total. The lowest BCUT2D eigenvalue weighted by Gasteiger charge is -2.34. The Morgan fingerprint density at radius 3 is 2.77 bits per heavy atom. The number of nitrogens with one attached hydrogen (secondary N) is 1. The van der Waals surface area contributed by atoms with E-state index in [1.807, 2.05) is 24.1 Å². The smallest absolute Gasteiger partial charge is 0.194 e. The van der Waals surface area contributed by atoms with Crippen molar-refractivity contribution >= 4 is 5.96 Å². The van der Waals surface area contributed by atoms with Gasteiger partial charge in [-0.05, 0) is 31.1 Å². The molecule has 7 nitrogen and oxygen atoms in total. The minimum absolute atomic E-state index is 0.0219. The van der Waals surface area contributed by atoms with E-state index in [0.29, 0.717) is 13.2 Å². The van der Waals surface area contributed by atoms with E-state index >= 15 is 0 Å². The van der Waals surface area contributed by atoms with Gasteiger partial charge in [0.25, 0.3) is 0 Å². The Morgan fingerprint density at radius 1 is 1.27 bits per heavy atom. The van der Waals surface area contributed by atoms with Crippen LogP contribution in [0.25, 0.3) is 0 Å². The number of hydrogen-bond acceptors (Lipinski definition) is 4. The van der Waals surface area contributed by atoms with Crippen LogP contribution in [0.1, 0.15) is 43.6 Å². The number of guanidine groups is 1. The van der Waals surface area contributed by atoms with Gasteiger partial charge in [0, 0.05) is 38.4 Å². The first-order valence-corrected chi connectivity index (χ1v) is 11.1. The molecule has 30 heavy (non-hydrogen) atoms. The summed E-state index contributed by atoms with van der Waals surface area (Å²) in [4.78, 5) is 9.67. The molecule has 1 aromatic carbocycles. The first kappa shape index (κ1) is 22.3. The minimum Gasteiger partial charge on any atom is -0.370 e. The maximum Gasteiger partial charge on any atom is 0.194 e. The second-order valence-corrected chi connectivity index (χ2v) is 7.70. The fourth-order valence-corrected chi connectivity index (χ4v) is 3.77. The van der Waals surface area contributed by atoms with Crippen molar-refractivity contribution < 1.29 is 4.74 Å². The van der Waals surface area contributed by atoms with Crippen molar-refractivity contribution in [3.8, 4) is 0 Å². The van der Waals surface area contributed by atoms with Crippen LogP contribution in [0.4, 0.5) is 0 Å². The minimum atomic E-state index is 0.0219. The molecule has 0 aliphatic carbocycles. The highest BCUT2D eigenvalue weighted by atomic mass is 16.5. The fourth-order valence-electron chi connectivity index (χ4n) is 3.77. The number of aryl methyl sites for hydroxylation is 1. The van der Waals surface area contributed by atoms with Gasteiger partial charge in [0.05, 0.1) is 25.9 Å². The first-order chi connectivity index (χ1) is 14.6. The lowest BCUT2D eigenvalue weighted by atomic mass is 10.1. The molecule has 0 radical (unpaired) electrons. The summed E-state index contributed by atoms with van der Waals surface area (Å²) in [6.45, 7) is 13.5. The van der Waals surface area contributed by atoms with Gasteiger partial charge >= 0.3 is 0 Å².